The van der Waals surface area contributed by atoms with Crippen molar-refractivity contribution in [2.75, 3.05) is 19.6 Å². The highest BCUT2D eigenvalue weighted by atomic mass is 35.5. The number of hydrogen-bond donors (Lipinski definition) is 2. The number of amides is 3. The van der Waals surface area contributed by atoms with Crippen molar-refractivity contribution >= 4 is 23.7 Å². The number of piperidine rings is 1. The smallest absolute Gasteiger partial charge is 0.410 e. The van der Waals surface area contributed by atoms with Crippen molar-refractivity contribution in [3.05, 3.63) is 65.2 Å². The van der Waals surface area contributed by atoms with E-state index in [2.05, 4.69) is 10.6 Å². The number of likely N-dealkylation sites (tertiary alicyclic amines) is 1. The predicted octanol–water partition coefficient (Wildman–Crippen LogP) is 4.05. The van der Waals surface area contributed by atoms with E-state index < -0.39 is 0 Å². The van der Waals surface area contributed by atoms with E-state index >= 15 is 0 Å². The van der Waals surface area contributed by atoms with Gasteiger partial charge < -0.3 is 20.3 Å². The molecular weight excluding hydrogens is 378 g/mol. The van der Waals surface area contributed by atoms with Crippen molar-refractivity contribution in [3.63, 3.8) is 0 Å². The molecule has 7 heteroatoms. The van der Waals surface area contributed by atoms with Crippen LogP contribution in [0.3, 0.4) is 0 Å². The van der Waals surface area contributed by atoms with Gasteiger partial charge in [0, 0.05) is 31.2 Å². The summed E-state index contributed by atoms with van der Waals surface area (Å²) in [6, 6.07) is 16.2. The van der Waals surface area contributed by atoms with Crippen molar-refractivity contribution < 1.29 is 14.3 Å². The molecule has 0 saturated carbocycles. The molecule has 0 bridgehead atoms. The van der Waals surface area contributed by atoms with Crippen LogP contribution in [0.1, 0.15) is 18.4 Å². The lowest BCUT2D eigenvalue weighted by atomic mass is 9.97. The van der Waals surface area contributed by atoms with Crippen molar-refractivity contribution in [2.45, 2.75) is 19.4 Å². The van der Waals surface area contributed by atoms with Gasteiger partial charge in [0.05, 0.1) is 0 Å². The van der Waals surface area contributed by atoms with Crippen molar-refractivity contribution in [3.8, 4) is 5.75 Å². The molecule has 0 unspecified atom stereocenters. The number of carbonyl (C=O) groups excluding carboxylic acids is 2. The van der Waals surface area contributed by atoms with E-state index in [0.717, 1.165) is 18.4 Å². The number of benzene rings is 2. The Labute approximate surface area is 169 Å². The van der Waals surface area contributed by atoms with Crippen molar-refractivity contribution in [1.82, 2.24) is 15.5 Å². The van der Waals surface area contributed by atoms with Gasteiger partial charge in [0.15, 0.2) is 0 Å². The summed E-state index contributed by atoms with van der Waals surface area (Å²) in [6.45, 7) is 2.30. The van der Waals surface area contributed by atoms with E-state index in [1.807, 2.05) is 30.3 Å². The molecule has 3 rings (SSSR count). The van der Waals surface area contributed by atoms with Gasteiger partial charge in [-0.1, -0.05) is 41.9 Å². The minimum absolute atomic E-state index is 0.194. The molecule has 0 radical (unpaired) electrons. The van der Waals surface area contributed by atoms with Crippen molar-refractivity contribution in [1.29, 1.82) is 0 Å². The van der Waals surface area contributed by atoms with E-state index in [4.69, 9.17) is 16.3 Å². The molecule has 1 heterocycles. The maximum Gasteiger partial charge on any atom is 0.415 e. The fourth-order valence-electron chi connectivity index (χ4n) is 3.06. The minimum Gasteiger partial charge on any atom is -0.410 e. The topological polar surface area (TPSA) is 70.7 Å². The SMILES string of the molecule is O=C(NCc1ccc(Cl)cc1)NCC1CCN(C(=O)Oc2ccccc2)CC1. The fraction of sp³-hybridized carbons (Fsp3) is 0.333. The Morgan fingerprint density at radius 2 is 1.68 bits per heavy atom. The van der Waals surface area contributed by atoms with Gasteiger partial charge in [-0.3, -0.25) is 0 Å². The van der Waals surface area contributed by atoms with Crippen LogP contribution in [-0.2, 0) is 6.54 Å². The van der Waals surface area contributed by atoms with Gasteiger partial charge in [-0.25, -0.2) is 9.59 Å². The molecule has 0 aromatic heterocycles. The molecule has 28 heavy (non-hydrogen) atoms. The quantitative estimate of drug-likeness (QED) is 0.793. The van der Waals surface area contributed by atoms with E-state index in [1.54, 1.807) is 29.2 Å². The van der Waals surface area contributed by atoms with E-state index in [0.29, 0.717) is 42.9 Å². The standard InChI is InChI=1S/C21H24ClN3O3/c22-18-8-6-16(7-9-18)14-23-20(26)24-15-17-10-12-25(13-11-17)21(27)28-19-4-2-1-3-5-19/h1-9,17H,10-15H2,(H2,23,24,26). The van der Waals surface area contributed by atoms with Crippen LogP contribution in [0.5, 0.6) is 5.75 Å². The Hall–Kier alpha value is -2.73. The molecule has 2 N–H and O–H groups in total. The molecule has 6 nitrogen and oxygen atoms in total. The van der Waals surface area contributed by atoms with E-state index in [-0.39, 0.29) is 12.1 Å². The van der Waals surface area contributed by atoms with Crippen LogP contribution >= 0.6 is 11.6 Å². The number of carbonyl (C=O) groups is 2. The van der Waals surface area contributed by atoms with E-state index in [1.165, 1.54) is 0 Å². The Kier molecular flexibility index (Phi) is 7.14. The fourth-order valence-corrected chi connectivity index (χ4v) is 3.18. The van der Waals surface area contributed by atoms with Gasteiger partial charge in [-0.05, 0) is 48.6 Å². The summed E-state index contributed by atoms with van der Waals surface area (Å²) in [5, 5.41) is 6.42. The average molecular weight is 402 g/mol. The zero-order valence-electron chi connectivity index (χ0n) is 15.6. The number of ether oxygens (including phenoxy) is 1. The predicted molar refractivity (Wildman–Crippen MR) is 108 cm³/mol. The summed E-state index contributed by atoms with van der Waals surface area (Å²) in [7, 11) is 0. The van der Waals surface area contributed by atoms with Crippen molar-refractivity contribution in [2.24, 2.45) is 5.92 Å². The van der Waals surface area contributed by atoms with Gasteiger partial charge in [-0.15, -0.1) is 0 Å². The molecule has 3 amide bonds. The second kappa shape index (κ2) is 9.99. The number of hydrogen-bond acceptors (Lipinski definition) is 3. The number of rotatable bonds is 5. The Bertz CT molecular complexity index is 775. The summed E-state index contributed by atoms with van der Waals surface area (Å²) >= 11 is 5.85. The van der Waals surface area contributed by atoms with Gasteiger partial charge in [0.25, 0.3) is 0 Å². The van der Waals surface area contributed by atoms with E-state index in [9.17, 15) is 9.59 Å². The van der Waals surface area contributed by atoms with Gasteiger partial charge >= 0.3 is 12.1 Å². The highest BCUT2D eigenvalue weighted by Gasteiger charge is 2.24. The van der Waals surface area contributed by atoms with Gasteiger partial charge in [0.2, 0.25) is 0 Å². The lowest BCUT2D eigenvalue weighted by molar-refractivity contribution is 0.130. The lowest BCUT2D eigenvalue weighted by Gasteiger charge is -2.31. The van der Waals surface area contributed by atoms with Gasteiger partial charge in [0.1, 0.15) is 5.75 Å². The molecular formula is C21H24ClN3O3. The number of halogens is 1. The Morgan fingerprint density at radius 1 is 1.00 bits per heavy atom. The first-order valence-corrected chi connectivity index (χ1v) is 9.76. The molecule has 1 aliphatic rings. The largest absolute Gasteiger partial charge is 0.415 e. The molecule has 2 aromatic rings. The first-order chi connectivity index (χ1) is 13.6. The monoisotopic (exact) mass is 401 g/mol. The highest BCUT2D eigenvalue weighted by Crippen LogP contribution is 2.18. The van der Waals surface area contributed by atoms with Gasteiger partial charge in [-0.2, -0.15) is 0 Å². The second-order valence-corrected chi connectivity index (χ2v) is 7.24. The Balaban J connectivity index is 1.33. The first kappa shape index (κ1) is 20.0. The van der Waals surface area contributed by atoms with Crippen LogP contribution in [0.2, 0.25) is 5.02 Å². The third-order valence-electron chi connectivity index (χ3n) is 4.74. The number of nitrogens with one attached hydrogen (secondary N) is 2. The third-order valence-corrected chi connectivity index (χ3v) is 4.99. The average Bonchev–Trinajstić information content (AvgIpc) is 2.73. The number of para-hydroxylation sites is 1. The normalized spacial score (nSPS) is 14.4. The molecule has 0 spiro atoms. The summed E-state index contributed by atoms with van der Waals surface area (Å²) in [5.74, 6) is 0.899. The lowest BCUT2D eigenvalue weighted by Crippen LogP contribution is -2.44. The summed E-state index contributed by atoms with van der Waals surface area (Å²) in [5.41, 5.74) is 0.991. The zero-order chi connectivity index (χ0) is 19.8. The Morgan fingerprint density at radius 3 is 2.36 bits per heavy atom. The molecule has 1 aliphatic heterocycles. The first-order valence-electron chi connectivity index (χ1n) is 9.38. The van der Waals surface area contributed by atoms with Crippen LogP contribution in [0.15, 0.2) is 54.6 Å². The van der Waals surface area contributed by atoms with Crippen LogP contribution in [0.4, 0.5) is 9.59 Å². The summed E-state index contributed by atoms with van der Waals surface area (Å²) < 4.78 is 5.37. The molecule has 0 atom stereocenters. The molecule has 2 aromatic carbocycles. The molecule has 148 valence electrons. The molecule has 0 aliphatic carbocycles. The maximum absolute atomic E-state index is 12.2. The highest BCUT2D eigenvalue weighted by molar-refractivity contribution is 6.30. The third kappa shape index (κ3) is 6.16. The maximum atomic E-state index is 12.2. The number of nitrogens with zero attached hydrogens (tertiary/aromatic N) is 1. The minimum atomic E-state index is -0.321. The zero-order valence-corrected chi connectivity index (χ0v) is 16.3. The number of urea groups is 1. The van der Waals surface area contributed by atoms with Crippen LogP contribution in [-0.4, -0.2) is 36.7 Å². The summed E-state index contributed by atoms with van der Waals surface area (Å²) in [6.07, 6.45) is 1.35. The van der Waals surface area contributed by atoms with Crippen LogP contribution in [0.25, 0.3) is 0 Å². The summed E-state index contributed by atoms with van der Waals surface area (Å²) in [4.78, 5) is 25.9. The van der Waals surface area contributed by atoms with Crippen LogP contribution < -0.4 is 15.4 Å². The molecule has 1 fully saturated rings. The second-order valence-electron chi connectivity index (χ2n) is 6.80. The molecule has 1 saturated heterocycles. The van der Waals surface area contributed by atoms with Crippen LogP contribution in [0, 0.1) is 5.92 Å².